The van der Waals surface area contributed by atoms with Crippen LogP contribution in [0, 0.1) is 0 Å². The summed E-state index contributed by atoms with van der Waals surface area (Å²) in [6, 6.07) is 16.9. The molecule has 2 aromatic heterocycles. The van der Waals surface area contributed by atoms with Crippen molar-refractivity contribution < 1.29 is 9.59 Å². The topological polar surface area (TPSA) is 66.4 Å². The van der Waals surface area contributed by atoms with E-state index in [1.165, 1.54) is 5.56 Å². The van der Waals surface area contributed by atoms with Gasteiger partial charge < -0.3 is 0 Å². The maximum absolute atomic E-state index is 13.9. The molecule has 0 unspecified atom stereocenters. The summed E-state index contributed by atoms with van der Waals surface area (Å²) in [5, 5.41) is 0. The van der Waals surface area contributed by atoms with Gasteiger partial charge in [0.05, 0.1) is 5.69 Å². The molecular weight excluding hydrogens is 400 g/mol. The Balaban J connectivity index is 1.50. The molecule has 1 fully saturated rings. The summed E-state index contributed by atoms with van der Waals surface area (Å²) in [5.41, 5.74) is 2.26. The Labute approximate surface area is 187 Å². The molecule has 0 amide bonds. The Kier molecular flexibility index (Phi) is 5.41. The molecule has 32 heavy (non-hydrogen) atoms. The Morgan fingerprint density at radius 3 is 2.12 bits per heavy atom. The summed E-state index contributed by atoms with van der Waals surface area (Å²) in [6.45, 7) is 5.64. The van der Waals surface area contributed by atoms with Crippen molar-refractivity contribution in [3.63, 3.8) is 0 Å². The zero-order valence-electron chi connectivity index (χ0n) is 18.2. The van der Waals surface area contributed by atoms with Gasteiger partial charge in [-0.05, 0) is 36.2 Å². The molecule has 3 aromatic rings. The van der Waals surface area contributed by atoms with Gasteiger partial charge in [-0.3, -0.25) is 29.4 Å². The minimum absolute atomic E-state index is 0.151. The summed E-state index contributed by atoms with van der Waals surface area (Å²) < 4.78 is 0. The average Bonchev–Trinajstić information content (AvgIpc) is 3.08. The van der Waals surface area contributed by atoms with Crippen LogP contribution in [0.3, 0.4) is 0 Å². The Bertz CT molecular complexity index is 1120. The zero-order chi connectivity index (χ0) is 22.1. The van der Waals surface area contributed by atoms with Crippen LogP contribution in [-0.2, 0) is 18.5 Å². The van der Waals surface area contributed by atoms with Crippen molar-refractivity contribution >= 4 is 11.6 Å². The number of rotatable bonds is 5. The van der Waals surface area contributed by atoms with Gasteiger partial charge in [-0.1, -0.05) is 37.3 Å². The number of Topliss-reactive ketones (excluding diaryl/α,β-unsaturated/α-hetero) is 2. The molecule has 0 saturated carbocycles. The first kappa shape index (κ1) is 20.7. The van der Waals surface area contributed by atoms with Crippen molar-refractivity contribution in [1.29, 1.82) is 0 Å². The van der Waals surface area contributed by atoms with E-state index in [9.17, 15) is 9.59 Å². The van der Waals surface area contributed by atoms with Gasteiger partial charge in [0.15, 0.2) is 17.1 Å². The van der Waals surface area contributed by atoms with Crippen LogP contribution in [0.1, 0.15) is 44.6 Å². The number of piperazine rings is 1. The number of carbonyl (C=O) groups excluding carboxylic acids is 2. The van der Waals surface area contributed by atoms with Gasteiger partial charge in [-0.2, -0.15) is 0 Å². The third kappa shape index (κ3) is 3.27. The van der Waals surface area contributed by atoms with Gasteiger partial charge in [0.25, 0.3) is 0 Å². The monoisotopic (exact) mass is 426 g/mol. The van der Waals surface area contributed by atoms with E-state index in [-0.39, 0.29) is 11.6 Å². The number of nitrogens with zero attached hydrogens (tertiary/aromatic N) is 4. The molecule has 0 radical (unpaired) electrons. The molecule has 2 aliphatic rings. The number of aryl methyl sites for hydroxylation is 1. The molecule has 0 N–H and O–H groups in total. The Morgan fingerprint density at radius 1 is 0.844 bits per heavy atom. The number of hydrogen-bond acceptors (Lipinski definition) is 6. The van der Waals surface area contributed by atoms with Crippen molar-refractivity contribution in [3.05, 3.63) is 95.1 Å². The number of pyridine rings is 2. The highest BCUT2D eigenvalue weighted by atomic mass is 16.2. The molecule has 1 saturated heterocycles. The van der Waals surface area contributed by atoms with E-state index in [2.05, 4.69) is 14.8 Å². The fourth-order valence-electron chi connectivity index (χ4n) is 4.92. The Morgan fingerprint density at radius 2 is 1.50 bits per heavy atom. The first-order chi connectivity index (χ1) is 15.6. The van der Waals surface area contributed by atoms with E-state index < -0.39 is 5.54 Å². The van der Waals surface area contributed by atoms with Gasteiger partial charge in [-0.25, -0.2) is 0 Å². The van der Waals surface area contributed by atoms with Crippen LogP contribution >= 0.6 is 0 Å². The lowest BCUT2D eigenvalue weighted by atomic mass is 9.85. The molecule has 0 spiro atoms. The lowest BCUT2D eigenvalue weighted by Gasteiger charge is -2.43. The predicted molar refractivity (Wildman–Crippen MR) is 121 cm³/mol. The highest BCUT2D eigenvalue weighted by molar-refractivity contribution is 6.32. The van der Waals surface area contributed by atoms with Crippen LogP contribution in [0.15, 0.2) is 67.0 Å². The molecule has 0 atom stereocenters. The van der Waals surface area contributed by atoms with Crippen LogP contribution in [0.4, 0.5) is 0 Å². The van der Waals surface area contributed by atoms with Crippen LogP contribution < -0.4 is 0 Å². The molecule has 162 valence electrons. The maximum atomic E-state index is 13.9. The number of hydrogen-bond donors (Lipinski definition) is 0. The number of benzene rings is 1. The van der Waals surface area contributed by atoms with Crippen molar-refractivity contribution in [2.75, 3.05) is 26.2 Å². The SMILES string of the molecule is CCc1cccc(C2(N3CCN(Cc4ccncc4)CC3)C(=O)c3ccccc3C2=O)n1. The summed E-state index contributed by atoms with van der Waals surface area (Å²) >= 11 is 0. The van der Waals surface area contributed by atoms with Crippen LogP contribution in [0.2, 0.25) is 0 Å². The fraction of sp³-hybridized carbons (Fsp3) is 0.308. The predicted octanol–water partition coefficient (Wildman–Crippen LogP) is 3.13. The summed E-state index contributed by atoms with van der Waals surface area (Å²) in [6.07, 6.45) is 4.36. The molecule has 6 nitrogen and oxygen atoms in total. The van der Waals surface area contributed by atoms with Crippen molar-refractivity contribution in [2.45, 2.75) is 25.4 Å². The fourth-order valence-corrected chi connectivity index (χ4v) is 4.92. The number of carbonyl (C=O) groups is 2. The van der Waals surface area contributed by atoms with E-state index in [4.69, 9.17) is 4.98 Å². The first-order valence-corrected chi connectivity index (χ1v) is 11.2. The molecule has 1 aromatic carbocycles. The number of fused-ring (bicyclic) bond motifs is 1. The molecular formula is C26H26N4O2. The van der Waals surface area contributed by atoms with Gasteiger partial charge >= 0.3 is 0 Å². The van der Waals surface area contributed by atoms with E-state index in [0.29, 0.717) is 29.9 Å². The highest BCUT2D eigenvalue weighted by Gasteiger charge is 2.59. The lowest BCUT2D eigenvalue weighted by Crippen LogP contribution is -2.60. The van der Waals surface area contributed by atoms with Gasteiger partial charge in [0.2, 0.25) is 0 Å². The number of aromatic nitrogens is 2. The van der Waals surface area contributed by atoms with Crippen molar-refractivity contribution in [1.82, 2.24) is 19.8 Å². The van der Waals surface area contributed by atoms with Crippen molar-refractivity contribution in [2.24, 2.45) is 0 Å². The van der Waals surface area contributed by atoms with Crippen LogP contribution in [0.25, 0.3) is 0 Å². The molecule has 1 aliphatic heterocycles. The van der Waals surface area contributed by atoms with E-state index in [1.807, 2.05) is 49.4 Å². The highest BCUT2D eigenvalue weighted by Crippen LogP contribution is 2.42. The zero-order valence-corrected chi connectivity index (χ0v) is 18.2. The van der Waals surface area contributed by atoms with E-state index in [1.54, 1.807) is 24.5 Å². The Hall–Kier alpha value is -3.22. The molecule has 5 rings (SSSR count). The minimum atomic E-state index is -1.38. The largest absolute Gasteiger partial charge is 0.297 e. The van der Waals surface area contributed by atoms with Gasteiger partial charge in [0, 0.05) is 61.9 Å². The average molecular weight is 427 g/mol. The smallest absolute Gasteiger partial charge is 0.198 e. The quantitative estimate of drug-likeness (QED) is 0.584. The second-order valence-corrected chi connectivity index (χ2v) is 8.40. The third-order valence-electron chi connectivity index (χ3n) is 6.62. The summed E-state index contributed by atoms with van der Waals surface area (Å²) in [7, 11) is 0. The minimum Gasteiger partial charge on any atom is -0.297 e. The second-order valence-electron chi connectivity index (χ2n) is 8.40. The van der Waals surface area contributed by atoms with Gasteiger partial charge in [0.1, 0.15) is 0 Å². The normalized spacial score (nSPS) is 18.7. The lowest BCUT2D eigenvalue weighted by molar-refractivity contribution is 0.0266. The summed E-state index contributed by atoms with van der Waals surface area (Å²) in [5.74, 6) is -0.303. The first-order valence-electron chi connectivity index (χ1n) is 11.2. The molecule has 1 aliphatic carbocycles. The molecule has 3 heterocycles. The number of ketones is 2. The molecule has 0 bridgehead atoms. The standard InChI is InChI=1S/C26H26N4O2/c1-2-20-6-5-9-23(28-20)26(24(31)21-7-3-4-8-22(21)25(26)32)30-16-14-29(15-17-30)18-19-10-12-27-13-11-19/h3-13H,2,14-18H2,1H3. The maximum Gasteiger partial charge on any atom is 0.198 e. The van der Waals surface area contributed by atoms with E-state index >= 15 is 0 Å². The van der Waals surface area contributed by atoms with Crippen molar-refractivity contribution in [3.8, 4) is 0 Å². The van der Waals surface area contributed by atoms with Crippen LogP contribution in [-0.4, -0.2) is 57.5 Å². The second kappa shape index (κ2) is 8.37. The van der Waals surface area contributed by atoms with E-state index in [0.717, 1.165) is 31.7 Å². The summed E-state index contributed by atoms with van der Waals surface area (Å²) in [4.78, 5) is 41.0. The molecule has 6 heteroatoms. The van der Waals surface area contributed by atoms with Crippen LogP contribution in [0.5, 0.6) is 0 Å². The third-order valence-corrected chi connectivity index (χ3v) is 6.62. The van der Waals surface area contributed by atoms with Gasteiger partial charge in [-0.15, -0.1) is 0 Å².